The molecule has 5 aliphatic rings. The zero-order chi connectivity index (χ0) is 31.7. The molecular weight excluding hydrogens is 713 g/mol. The summed E-state index contributed by atoms with van der Waals surface area (Å²) in [6.45, 7) is 0.171. The molecule has 0 unspecified atom stereocenters. The number of benzene rings is 2. The number of carbonyl (C=O) groups excluding carboxylic acids is 1. The number of aromatic hydroxyl groups is 1. The number of phenolic OH excluding ortho intramolecular Hbond substituents is 1. The van der Waals surface area contributed by atoms with E-state index < -0.39 is 66.8 Å². The van der Waals surface area contributed by atoms with Gasteiger partial charge in [-0.1, -0.05) is 6.07 Å². The van der Waals surface area contributed by atoms with Gasteiger partial charge in [-0.2, -0.15) is 0 Å². The molecule has 15 heteroatoms. The minimum absolute atomic E-state index is 0. The Hall–Kier alpha value is -2.53. The van der Waals surface area contributed by atoms with E-state index >= 15 is 0 Å². The Labute approximate surface area is 298 Å². The summed E-state index contributed by atoms with van der Waals surface area (Å²) in [5.74, 6) is -1.08. The second kappa shape index (κ2) is 13.1. The van der Waals surface area contributed by atoms with Gasteiger partial charge in [-0.25, -0.2) is 0 Å². The van der Waals surface area contributed by atoms with Gasteiger partial charge in [0, 0.05) is 44.5 Å². The third kappa shape index (κ3) is 5.51. The first kappa shape index (κ1) is 33.0. The molecule has 3 aromatic rings. The monoisotopic (exact) mass is 745 g/mol. The van der Waals surface area contributed by atoms with Crippen LogP contribution in [0, 0.1) is 11.8 Å². The number of rotatable bonds is 6. The third-order valence-corrected chi connectivity index (χ3v) is 10.3. The van der Waals surface area contributed by atoms with Gasteiger partial charge in [-0.05, 0) is 52.4 Å². The van der Waals surface area contributed by atoms with Crippen molar-refractivity contribution in [3.05, 3.63) is 63.3 Å². The molecular formula is C32H32O13SY. The van der Waals surface area contributed by atoms with Crippen molar-refractivity contribution >= 4 is 17.3 Å². The fourth-order valence-electron chi connectivity index (χ4n) is 7.18. The predicted octanol–water partition coefficient (Wildman–Crippen LogP) is 2.75. The summed E-state index contributed by atoms with van der Waals surface area (Å²) in [7, 11) is 2.86. The summed E-state index contributed by atoms with van der Waals surface area (Å²) in [4.78, 5) is 14.3. The SMILES string of the molecule is COc1cc([C@@H]2c3cc4c(cc3[C@@H](O[C@@H]3O[C@@H]5CO[C@@H](c6cccs6)O[C@H]5[C@H](O)[C@H]3O)[C@H]3COC(=O)[C@H]23)OCO4)cc(OC)c1O.[Y]. The van der Waals surface area contributed by atoms with Crippen LogP contribution in [-0.2, 0) is 61.2 Å². The summed E-state index contributed by atoms with van der Waals surface area (Å²) in [6, 6.07) is 10.7. The minimum atomic E-state index is -1.47. The van der Waals surface area contributed by atoms with Crippen LogP contribution in [-0.4, -0.2) is 86.2 Å². The number of carbonyl (C=O) groups is 1. The van der Waals surface area contributed by atoms with Gasteiger partial charge in [-0.3, -0.25) is 4.79 Å². The maximum Gasteiger partial charge on any atom is 0.310 e. The number of ether oxygens (including phenoxy) is 9. The van der Waals surface area contributed by atoms with Crippen LogP contribution in [0.3, 0.4) is 0 Å². The Morgan fingerprint density at radius 1 is 0.915 bits per heavy atom. The molecule has 3 fully saturated rings. The van der Waals surface area contributed by atoms with Gasteiger partial charge >= 0.3 is 5.97 Å². The maximum atomic E-state index is 13.5. The van der Waals surface area contributed by atoms with E-state index in [2.05, 4.69) is 0 Å². The van der Waals surface area contributed by atoms with Gasteiger partial charge in [-0.15, -0.1) is 11.3 Å². The van der Waals surface area contributed by atoms with Crippen molar-refractivity contribution in [3.63, 3.8) is 0 Å². The van der Waals surface area contributed by atoms with Crippen molar-refractivity contribution in [2.75, 3.05) is 34.2 Å². The van der Waals surface area contributed by atoms with Gasteiger partial charge in [0.2, 0.25) is 12.5 Å². The van der Waals surface area contributed by atoms with Crippen LogP contribution < -0.4 is 18.9 Å². The molecule has 8 rings (SSSR count). The van der Waals surface area contributed by atoms with Crippen molar-refractivity contribution in [2.45, 2.75) is 49.0 Å². The summed E-state index contributed by atoms with van der Waals surface area (Å²) in [5.41, 5.74) is 2.00. The van der Waals surface area contributed by atoms with E-state index in [1.807, 2.05) is 23.6 Å². The number of hydrogen-bond acceptors (Lipinski definition) is 14. The molecule has 5 heterocycles. The van der Waals surface area contributed by atoms with E-state index in [-0.39, 0.29) is 70.0 Å². The van der Waals surface area contributed by atoms with Crippen LogP contribution in [0.5, 0.6) is 28.7 Å². The second-order valence-corrected chi connectivity index (χ2v) is 12.7. The van der Waals surface area contributed by atoms with E-state index in [9.17, 15) is 20.1 Å². The topological polar surface area (TPSA) is 161 Å². The van der Waals surface area contributed by atoms with Crippen molar-refractivity contribution in [3.8, 4) is 28.7 Å². The van der Waals surface area contributed by atoms with Crippen LogP contribution in [0.2, 0.25) is 0 Å². The first-order valence-electron chi connectivity index (χ1n) is 14.9. The normalized spacial score (nSPS) is 33.6. The molecule has 10 atom stereocenters. The smallest absolute Gasteiger partial charge is 0.310 e. The molecule has 0 saturated carbocycles. The molecule has 13 nitrogen and oxygen atoms in total. The molecule has 0 spiro atoms. The summed E-state index contributed by atoms with van der Waals surface area (Å²) in [5, 5.41) is 35.0. The van der Waals surface area contributed by atoms with E-state index in [1.54, 1.807) is 18.2 Å². The number of phenols is 1. The quantitative estimate of drug-likeness (QED) is 0.317. The fraction of sp³-hybridized carbons (Fsp3) is 0.469. The summed E-state index contributed by atoms with van der Waals surface area (Å²) in [6.07, 6.45) is -7.16. The van der Waals surface area contributed by atoms with Crippen LogP contribution >= 0.6 is 11.3 Å². The summed E-state index contributed by atoms with van der Waals surface area (Å²) >= 11 is 1.46. The Morgan fingerprint density at radius 2 is 1.64 bits per heavy atom. The number of fused-ring (bicyclic) bond motifs is 4. The van der Waals surface area contributed by atoms with Crippen LogP contribution in [0.4, 0.5) is 0 Å². The van der Waals surface area contributed by atoms with Gasteiger partial charge < -0.3 is 58.0 Å². The zero-order valence-electron chi connectivity index (χ0n) is 25.3. The predicted molar refractivity (Wildman–Crippen MR) is 156 cm³/mol. The van der Waals surface area contributed by atoms with E-state index in [0.717, 1.165) is 4.88 Å². The molecule has 0 bridgehead atoms. The van der Waals surface area contributed by atoms with Gasteiger partial charge in [0.05, 0.1) is 44.3 Å². The largest absolute Gasteiger partial charge is 0.502 e. The maximum absolute atomic E-state index is 13.5. The molecule has 47 heavy (non-hydrogen) atoms. The average Bonchev–Trinajstić information content (AvgIpc) is 3.85. The average molecular weight is 746 g/mol. The summed E-state index contributed by atoms with van der Waals surface area (Å²) < 4.78 is 52.6. The molecule has 0 amide bonds. The Kier molecular flexibility index (Phi) is 9.17. The Bertz CT molecular complexity index is 1610. The first-order chi connectivity index (χ1) is 22.4. The van der Waals surface area contributed by atoms with Crippen molar-refractivity contribution in [1.29, 1.82) is 0 Å². The molecule has 3 saturated heterocycles. The molecule has 3 N–H and O–H groups in total. The molecule has 1 aromatic heterocycles. The standard InChI is InChI=1S/C32H32O13S.Y/c1-37-19-6-13(7-20(38-2)25(19)33)23-14-8-17-18(42-12-41-17)9-15(14)28(16-10-39-30(36)24(16)23)44-32-27(35)26(34)29-21(43-32)11-40-31(45-29)22-4-3-5-46-22;/h3-9,16,21,23-24,26-29,31-35H,10-12H2,1-2H3;/t16-,21+,23+,24-,26+,27+,28+,29+,31+,32-;/m0./s1. The van der Waals surface area contributed by atoms with Gasteiger partial charge in [0.25, 0.3) is 0 Å². The van der Waals surface area contributed by atoms with Gasteiger partial charge in [0.15, 0.2) is 35.6 Å². The van der Waals surface area contributed by atoms with E-state index in [1.165, 1.54) is 25.6 Å². The van der Waals surface area contributed by atoms with E-state index in [0.29, 0.717) is 28.2 Å². The van der Waals surface area contributed by atoms with Gasteiger partial charge in [0.1, 0.15) is 24.4 Å². The van der Waals surface area contributed by atoms with E-state index in [4.69, 9.17) is 42.6 Å². The Morgan fingerprint density at radius 3 is 2.32 bits per heavy atom. The van der Waals surface area contributed by atoms with Crippen molar-refractivity contribution in [2.24, 2.45) is 11.8 Å². The number of aliphatic hydroxyl groups is 2. The number of thiophene rings is 1. The number of esters is 1. The number of aliphatic hydroxyl groups excluding tert-OH is 2. The van der Waals surface area contributed by atoms with Crippen molar-refractivity contribution in [1.82, 2.24) is 0 Å². The zero-order valence-corrected chi connectivity index (χ0v) is 29.0. The molecule has 4 aliphatic heterocycles. The molecule has 2 aromatic carbocycles. The Balaban J connectivity index is 0.00000351. The molecule has 247 valence electrons. The second-order valence-electron chi connectivity index (χ2n) is 11.8. The first-order valence-corrected chi connectivity index (χ1v) is 15.8. The van der Waals surface area contributed by atoms with Crippen LogP contribution in [0.1, 0.15) is 39.9 Å². The fourth-order valence-corrected chi connectivity index (χ4v) is 7.89. The third-order valence-electron chi connectivity index (χ3n) is 9.37. The number of methoxy groups -OCH3 is 2. The number of cyclic esters (lactones) is 1. The van der Waals surface area contributed by atoms with Crippen molar-refractivity contribution < 1.29 is 95.5 Å². The van der Waals surface area contributed by atoms with Crippen LogP contribution in [0.25, 0.3) is 0 Å². The molecule has 1 radical (unpaired) electrons. The molecule has 1 aliphatic carbocycles. The van der Waals surface area contributed by atoms with Crippen LogP contribution in [0.15, 0.2) is 41.8 Å². The minimum Gasteiger partial charge on any atom is -0.502 e. The number of hydrogen-bond donors (Lipinski definition) is 3.